The Bertz CT molecular complexity index is 775. The maximum absolute atomic E-state index is 13.6. The van der Waals surface area contributed by atoms with Crippen molar-refractivity contribution in [1.82, 2.24) is 5.32 Å². The van der Waals surface area contributed by atoms with E-state index in [-0.39, 0.29) is 23.5 Å². The van der Waals surface area contributed by atoms with Crippen molar-refractivity contribution in [3.05, 3.63) is 71.0 Å². The van der Waals surface area contributed by atoms with E-state index in [4.69, 9.17) is 0 Å². The number of hydrogen-bond acceptors (Lipinski definition) is 3. The molecule has 0 aliphatic carbocycles. The van der Waals surface area contributed by atoms with Crippen molar-refractivity contribution in [3.8, 4) is 0 Å². The summed E-state index contributed by atoms with van der Waals surface area (Å²) in [6.07, 6.45) is 1.19. The molecule has 0 unspecified atom stereocenters. The minimum absolute atomic E-state index is 0.0765. The minimum atomic E-state index is -3.16. The Labute approximate surface area is 143 Å². The van der Waals surface area contributed by atoms with Gasteiger partial charge in [-0.05, 0) is 41.7 Å². The first-order chi connectivity index (χ1) is 11.3. The van der Waals surface area contributed by atoms with Gasteiger partial charge in [0.15, 0.2) is 9.84 Å². The van der Waals surface area contributed by atoms with Gasteiger partial charge in [-0.1, -0.05) is 43.3 Å². The quantitative estimate of drug-likeness (QED) is 0.830. The van der Waals surface area contributed by atoms with Gasteiger partial charge in [-0.25, -0.2) is 12.8 Å². The van der Waals surface area contributed by atoms with Gasteiger partial charge >= 0.3 is 0 Å². The van der Waals surface area contributed by atoms with Gasteiger partial charge in [-0.3, -0.25) is 0 Å². The van der Waals surface area contributed by atoms with Crippen LogP contribution in [0.1, 0.15) is 36.5 Å². The molecule has 2 aromatic carbocycles. The molecule has 0 saturated carbocycles. The molecule has 0 aliphatic rings. The number of halogens is 1. The van der Waals surface area contributed by atoms with E-state index in [0.29, 0.717) is 17.7 Å². The maximum atomic E-state index is 13.6. The SMILES string of the molecule is C[C@@H](NCc1cc(F)ccc1CS(C)(=O)=O)[C@@H](C)c1ccccc1. The van der Waals surface area contributed by atoms with Crippen LogP contribution >= 0.6 is 0 Å². The molecule has 3 nitrogen and oxygen atoms in total. The van der Waals surface area contributed by atoms with Crippen molar-refractivity contribution in [1.29, 1.82) is 0 Å². The smallest absolute Gasteiger partial charge is 0.151 e. The Morgan fingerprint density at radius 1 is 1.04 bits per heavy atom. The van der Waals surface area contributed by atoms with Gasteiger partial charge in [0.05, 0.1) is 5.75 Å². The highest BCUT2D eigenvalue weighted by molar-refractivity contribution is 7.89. The number of rotatable bonds is 7. The fraction of sp³-hybridized carbons (Fsp3) is 0.368. The molecule has 0 bridgehead atoms. The Kier molecular flexibility index (Phi) is 6.13. The minimum Gasteiger partial charge on any atom is -0.310 e. The molecule has 0 spiro atoms. The zero-order valence-electron chi connectivity index (χ0n) is 14.3. The van der Waals surface area contributed by atoms with Crippen molar-refractivity contribution < 1.29 is 12.8 Å². The highest BCUT2D eigenvalue weighted by atomic mass is 32.2. The summed E-state index contributed by atoms with van der Waals surface area (Å²) in [5.74, 6) is -0.140. The van der Waals surface area contributed by atoms with Crippen molar-refractivity contribution in [3.63, 3.8) is 0 Å². The number of hydrogen-bond donors (Lipinski definition) is 1. The van der Waals surface area contributed by atoms with E-state index >= 15 is 0 Å². The summed E-state index contributed by atoms with van der Waals surface area (Å²) >= 11 is 0. The van der Waals surface area contributed by atoms with Crippen LogP contribution in [0.2, 0.25) is 0 Å². The predicted octanol–water partition coefficient (Wildman–Crippen LogP) is 3.65. The average Bonchev–Trinajstić information content (AvgIpc) is 2.53. The fourth-order valence-electron chi connectivity index (χ4n) is 2.68. The number of sulfone groups is 1. The summed E-state index contributed by atoms with van der Waals surface area (Å²) < 4.78 is 36.7. The molecule has 0 radical (unpaired) electrons. The standard InChI is InChI=1S/C19H24FNO2S/c1-14(16-7-5-4-6-8-16)15(2)21-12-18-11-19(20)10-9-17(18)13-24(3,22)23/h4-11,14-15,21H,12-13H2,1-3H3/t14-,15-/m1/s1. The molecule has 0 heterocycles. The topological polar surface area (TPSA) is 46.2 Å². The zero-order valence-corrected chi connectivity index (χ0v) is 15.1. The van der Waals surface area contributed by atoms with Gasteiger partial charge in [-0.15, -0.1) is 0 Å². The predicted molar refractivity (Wildman–Crippen MR) is 96.1 cm³/mol. The lowest BCUT2D eigenvalue weighted by Gasteiger charge is -2.22. The van der Waals surface area contributed by atoms with Crippen LogP contribution in [-0.4, -0.2) is 20.7 Å². The normalized spacial score (nSPS) is 14.3. The van der Waals surface area contributed by atoms with E-state index in [0.717, 1.165) is 0 Å². The zero-order chi connectivity index (χ0) is 17.7. The summed E-state index contributed by atoms with van der Waals surface area (Å²) in [5, 5.41) is 3.39. The Morgan fingerprint density at radius 3 is 2.33 bits per heavy atom. The van der Waals surface area contributed by atoms with Crippen LogP contribution in [0.3, 0.4) is 0 Å². The van der Waals surface area contributed by atoms with Crippen molar-refractivity contribution >= 4 is 9.84 Å². The number of nitrogens with one attached hydrogen (secondary N) is 1. The second kappa shape index (κ2) is 7.90. The second-order valence-corrected chi connectivity index (χ2v) is 8.49. The van der Waals surface area contributed by atoms with Crippen molar-refractivity contribution in [2.24, 2.45) is 0 Å². The monoisotopic (exact) mass is 349 g/mol. The second-order valence-electron chi connectivity index (χ2n) is 6.35. The van der Waals surface area contributed by atoms with Crippen LogP contribution < -0.4 is 5.32 Å². The van der Waals surface area contributed by atoms with E-state index < -0.39 is 9.84 Å². The van der Waals surface area contributed by atoms with E-state index in [2.05, 4.69) is 31.3 Å². The third kappa shape index (κ3) is 5.42. The molecular formula is C19H24FNO2S. The lowest BCUT2D eigenvalue weighted by atomic mass is 9.94. The summed E-state index contributed by atoms with van der Waals surface area (Å²) in [7, 11) is -3.16. The van der Waals surface area contributed by atoms with Crippen LogP contribution in [-0.2, 0) is 22.1 Å². The lowest BCUT2D eigenvalue weighted by Crippen LogP contribution is -2.31. The number of benzene rings is 2. The van der Waals surface area contributed by atoms with Crippen LogP contribution in [0.25, 0.3) is 0 Å². The third-order valence-electron chi connectivity index (χ3n) is 4.28. The van der Waals surface area contributed by atoms with Crippen molar-refractivity contribution in [2.75, 3.05) is 6.26 Å². The highest BCUT2D eigenvalue weighted by Gasteiger charge is 2.15. The Balaban J connectivity index is 2.09. The third-order valence-corrected chi connectivity index (χ3v) is 5.11. The molecule has 2 rings (SSSR count). The van der Waals surface area contributed by atoms with Crippen LogP contribution in [0.15, 0.2) is 48.5 Å². The molecule has 0 fully saturated rings. The van der Waals surface area contributed by atoms with Crippen LogP contribution in [0.4, 0.5) is 4.39 Å². The molecule has 0 aliphatic heterocycles. The summed E-state index contributed by atoms with van der Waals surface area (Å²) in [6, 6.07) is 14.6. The van der Waals surface area contributed by atoms with E-state index in [9.17, 15) is 12.8 Å². The molecule has 0 aromatic heterocycles. The molecule has 0 amide bonds. The maximum Gasteiger partial charge on any atom is 0.151 e. The molecule has 24 heavy (non-hydrogen) atoms. The molecule has 0 saturated heterocycles. The lowest BCUT2D eigenvalue weighted by molar-refractivity contribution is 0.478. The average molecular weight is 349 g/mol. The van der Waals surface area contributed by atoms with Gasteiger partial charge < -0.3 is 5.32 Å². The van der Waals surface area contributed by atoms with Gasteiger partial charge in [-0.2, -0.15) is 0 Å². The molecule has 2 aromatic rings. The first kappa shape index (κ1) is 18.6. The Morgan fingerprint density at radius 2 is 1.71 bits per heavy atom. The van der Waals surface area contributed by atoms with Crippen LogP contribution in [0.5, 0.6) is 0 Å². The summed E-state index contributed by atoms with van der Waals surface area (Å²) in [6.45, 7) is 4.64. The first-order valence-electron chi connectivity index (χ1n) is 7.99. The van der Waals surface area contributed by atoms with E-state index in [1.54, 1.807) is 6.07 Å². The first-order valence-corrected chi connectivity index (χ1v) is 10.1. The van der Waals surface area contributed by atoms with Gasteiger partial charge in [0.2, 0.25) is 0 Å². The van der Waals surface area contributed by atoms with Crippen molar-refractivity contribution in [2.45, 2.75) is 38.1 Å². The fourth-order valence-corrected chi connectivity index (χ4v) is 3.52. The highest BCUT2D eigenvalue weighted by Crippen LogP contribution is 2.20. The van der Waals surface area contributed by atoms with Gasteiger partial charge in [0.1, 0.15) is 5.82 Å². The summed E-state index contributed by atoms with van der Waals surface area (Å²) in [4.78, 5) is 0. The molecular weight excluding hydrogens is 325 g/mol. The van der Waals surface area contributed by atoms with Gasteiger partial charge in [0, 0.05) is 18.8 Å². The molecule has 2 atom stereocenters. The van der Waals surface area contributed by atoms with E-state index in [1.807, 2.05) is 18.2 Å². The molecule has 5 heteroatoms. The van der Waals surface area contributed by atoms with E-state index in [1.165, 1.54) is 24.0 Å². The molecule has 1 N–H and O–H groups in total. The summed E-state index contributed by atoms with van der Waals surface area (Å²) in [5.41, 5.74) is 2.56. The van der Waals surface area contributed by atoms with Crippen LogP contribution in [0, 0.1) is 5.82 Å². The molecule has 130 valence electrons. The largest absolute Gasteiger partial charge is 0.310 e. The Hall–Kier alpha value is -1.72. The van der Waals surface area contributed by atoms with Gasteiger partial charge in [0.25, 0.3) is 0 Å².